The van der Waals surface area contributed by atoms with Crippen molar-refractivity contribution in [3.8, 4) is 5.75 Å². The van der Waals surface area contributed by atoms with E-state index in [1.807, 2.05) is 20.8 Å². The third-order valence-electron chi connectivity index (χ3n) is 5.46. The number of carbonyl (C=O) groups is 1. The molecule has 158 valence electrons. The van der Waals surface area contributed by atoms with E-state index < -0.39 is 17.6 Å². The molecule has 1 aliphatic heterocycles. The summed E-state index contributed by atoms with van der Waals surface area (Å²) in [6.07, 6.45) is -2.19. The Kier molecular flexibility index (Phi) is 4.29. The first-order chi connectivity index (χ1) is 13.4. The molecule has 0 N–H and O–H groups in total. The van der Waals surface area contributed by atoms with Gasteiger partial charge in [0, 0.05) is 18.5 Å². The third-order valence-corrected chi connectivity index (χ3v) is 5.46. The van der Waals surface area contributed by atoms with Crippen LogP contribution in [0, 0.1) is 12.3 Å². The molecular weight excluding hydrogens is 387 g/mol. The molecule has 0 unspecified atom stereocenters. The van der Waals surface area contributed by atoms with Gasteiger partial charge in [-0.3, -0.25) is 4.40 Å². The van der Waals surface area contributed by atoms with E-state index in [-0.39, 0.29) is 17.6 Å². The minimum Gasteiger partial charge on any atom is -0.489 e. The molecule has 3 heterocycles. The van der Waals surface area contributed by atoms with Gasteiger partial charge in [-0.15, -0.1) is 0 Å². The largest absolute Gasteiger partial charge is 0.489 e. The number of carbonyl (C=O) groups excluding carboxylic acids is 1. The number of nitrogens with zero attached hydrogens (tertiary/aromatic N) is 3. The van der Waals surface area contributed by atoms with E-state index >= 15 is 0 Å². The summed E-state index contributed by atoms with van der Waals surface area (Å²) in [7, 11) is 0. The molecule has 1 amide bonds. The number of amides is 1. The van der Waals surface area contributed by atoms with Gasteiger partial charge < -0.3 is 14.4 Å². The molecule has 0 aromatic carbocycles. The van der Waals surface area contributed by atoms with Crippen LogP contribution < -0.4 is 4.74 Å². The van der Waals surface area contributed by atoms with Gasteiger partial charge >= 0.3 is 12.3 Å². The van der Waals surface area contributed by atoms with Gasteiger partial charge in [0.1, 0.15) is 17.5 Å². The second-order valence-electron chi connectivity index (χ2n) is 9.11. The third kappa shape index (κ3) is 3.62. The maximum Gasteiger partial charge on any atom is 0.450 e. The molecular formula is C20H24F3N3O3. The molecule has 9 heteroatoms. The van der Waals surface area contributed by atoms with Crippen LogP contribution in [0.3, 0.4) is 0 Å². The first-order valence-electron chi connectivity index (χ1n) is 9.56. The Morgan fingerprint density at radius 3 is 2.45 bits per heavy atom. The molecule has 2 aromatic rings. The molecule has 4 rings (SSSR count). The molecule has 2 fully saturated rings. The van der Waals surface area contributed by atoms with Crippen LogP contribution in [-0.2, 0) is 10.9 Å². The monoisotopic (exact) mass is 411 g/mol. The number of aryl methyl sites for hydroxylation is 1. The number of alkyl halides is 3. The SMILES string of the molecule is Cc1c(OC2CC3(C2)CN(C(=O)OC(C)(C)C)C3)ccc2cnc(C(F)(F)F)n12. The van der Waals surface area contributed by atoms with Crippen LogP contribution in [0.5, 0.6) is 5.75 Å². The van der Waals surface area contributed by atoms with Gasteiger partial charge in [-0.1, -0.05) is 0 Å². The Balaban J connectivity index is 1.39. The molecule has 1 saturated heterocycles. The number of halogens is 3. The van der Waals surface area contributed by atoms with Crippen LogP contribution in [-0.4, -0.2) is 45.2 Å². The number of fused-ring (bicyclic) bond motifs is 1. The second kappa shape index (κ2) is 6.27. The fourth-order valence-corrected chi connectivity index (χ4v) is 4.20. The predicted octanol–water partition coefficient (Wildman–Crippen LogP) is 4.44. The highest BCUT2D eigenvalue weighted by molar-refractivity contribution is 5.69. The summed E-state index contributed by atoms with van der Waals surface area (Å²) in [4.78, 5) is 17.3. The zero-order valence-corrected chi connectivity index (χ0v) is 16.8. The molecule has 2 aromatic heterocycles. The molecule has 2 aliphatic rings. The summed E-state index contributed by atoms with van der Waals surface area (Å²) >= 11 is 0. The molecule has 0 atom stereocenters. The van der Waals surface area contributed by atoms with Gasteiger partial charge in [0.05, 0.1) is 17.4 Å². The van der Waals surface area contributed by atoms with Crippen molar-refractivity contribution >= 4 is 11.6 Å². The summed E-state index contributed by atoms with van der Waals surface area (Å²) in [5.74, 6) is -0.531. The lowest BCUT2D eigenvalue weighted by Gasteiger charge is -2.58. The quantitative estimate of drug-likeness (QED) is 0.733. The Morgan fingerprint density at radius 1 is 1.21 bits per heavy atom. The summed E-state index contributed by atoms with van der Waals surface area (Å²) in [5.41, 5.74) is 0.256. The lowest BCUT2D eigenvalue weighted by atomic mass is 9.62. The van der Waals surface area contributed by atoms with Crippen molar-refractivity contribution in [2.24, 2.45) is 5.41 Å². The standard InChI is InChI=1S/C20H24F3N3O3/c1-12-15(6-5-13-9-24-16(26(12)13)20(21,22)23)28-14-7-19(8-14)10-25(11-19)17(27)29-18(2,3)4/h5-6,9,14H,7-8,10-11H2,1-4H3. The van der Waals surface area contributed by atoms with E-state index in [9.17, 15) is 18.0 Å². The van der Waals surface area contributed by atoms with Crippen LogP contribution in [0.4, 0.5) is 18.0 Å². The Morgan fingerprint density at radius 2 is 1.86 bits per heavy atom. The maximum atomic E-state index is 13.2. The number of pyridine rings is 1. The smallest absolute Gasteiger partial charge is 0.450 e. The fraction of sp³-hybridized carbons (Fsp3) is 0.600. The van der Waals surface area contributed by atoms with E-state index in [2.05, 4.69) is 4.98 Å². The van der Waals surface area contributed by atoms with Crippen molar-refractivity contribution in [1.82, 2.24) is 14.3 Å². The van der Waals surface area contributed by atoms with E-state index in [1.54, 1.807) is 24.0 Å². The number of rotatable bonds is 2. The van der Waals surface area contributed by atoms with Crippen molar-refractivity contribution in [3.05, 3.63) is 29.8 Å². The number of ether oxygens (including phenoxy) is 2. The van der Waals surface area contributed by atoms with Crippen LogP contribution in [0.25, 0.3) is 5.52 Å². The molecule has 0 bridgehead atoms. The van der Waals surface area contributed by atoms with Crippen molar-refractivity contribution in [1.29, 1.82) is 0 Å². The first kappa shape index (κ1) is 19.8. The molecule has 1 spiro atoms. The average Bonchev–Trinajstić information content (AvgIpc) is 2.93. The van der Waals surface area contributed by atoms with Gasteiger partial charge in [0.2, 0.25) is 5.82 Å². The maximum absolute atomic E-state index is 13.2. The van der Waals surface area contributed by atoms with Gasteiger partial charge in [-0.2, -0.15) is 13.2 Å². The minimum atomic E-state index is -4.53. The number of hydrogen-bond donors (Lipinski definition) is 0. The van der Waals surface area contributed by atoms with E-state index in [0.717, 1.165) is 17.2 Å². The molecule has 1 saturated carbocycles. The predicted molar refractivity (Wildman–Crippen MR) is 98.8 cm³/mol. The fourth-order valence-electron chi connectivity index (χ4n) is 4.20. The van der Waals surface area contributed by atoms with E-state index in [1.165, 1.54) is 6.20 Å². The van der Waals surface area contributed by atoms with Crippen molar-refractivity contribution < 1.29 is 27.4 Å². The highest BCUT2D eigenvalue weighted by atomic mass is 19.4. The summed E-state index contributed by atoms with van der Waals surface area (Å²) in [6, 6.07) is 3.26. The minimum absolute atomic E-state index is 0.0334. The summed E-state index contributed by atoms with van der Waals surface area (Å²) in [5, 5.41) is 0. The Hall–Kier alpha value is -2.45. The Labute approximate surface area is 166 Å². The summed E-state index contributed by atoms with van der Waals surface area (Å²) in [6.45, 7) is 8.34. The second-order valence-corrected chi connectivity index (χ2v) is 9.11. The first-order valence-corrected chi connectivity index (χ1v) is 9.56. The van der Waals surface area contributed by atoms with Gasteiger partial charge in [0.15, 0.2) is 0 Å². The van der Waals surface area contributed by atoms with Crippen molar-refractivity contribution in [2.45, 2.75) is 58.4 Å². The van der Waals surface area contributed by atoms with Crippen LogP contribution in [0.15, 0.2) is 18.3 Å². The van der Waals surface area contributed by atoms with Gasteiger partial charge in [-0.05, 0) is 52.7 Å². The molecule has 6 nitrogen and oxygen atoms in total. The number of aromatic nitrogens is 2. The Bertz CT molecular complexity index is 948. The van der Waals surface area contributed by atoms with Crippen LogP contribution in [0.2, 0.25) is 0 Å². The van der Waals surface area contributed by atoms with Crippen LogP contribution >= 0.6 is 0 Å². The van der Waals surface area contributed by atoms with E-state index in [4.69, 9.17) is 9.47 Å². The highest BCUT2D eigenvalue weighted by Gasteiger charge is 2.55. The number of likely N-dealkylation sites (tertiary alicyclic amines) is 1. The van der Waals surface area contributed by atoms with Crippen molar-refractivity contribution in [3.63, 3.8) is 0 Å². The van der Waals surface area contributed by atoms with Gasteiger partial charge in [0.25, 0.3) is 0 Å². The molecule has 0 radical (unpaired) electrons. The highest BCUT2D eigenvalue weighted by Crippen LogP contribution is 2.50. The lowest BCUT2D eigenvalue weighted by molar-refractivity contribution is -0.145. The lowest BCUT2D eigenvalue weighted by Crippen LogP contribution is -2.66. The molecule has 1 aliphatic carbocycles. The van der Waals surface area contributed by atoms with E-state index in [0.29, 0.717) is 30.0 Å². The molecule has 29 heavy (non-hydrogen) atoms. The number of imidazole rings is 1. The topological polar surface area (TPSA) is 56.1 Å². The normalized spacial score (nSPS) is 19.2. The average molecular weight is 411 g/mol. The van der Waals surface area contributed by atoms with Crippen molar-refractivity contribution in [2.75, 3.05) is 13.1 Å². The zero-order valence-electron chi connectivity index (χ0n) is 16.8. The zero-order chi connectivity index (χ0) is 21.2. The number of hydrogen-bond acceptors (Lipinski definition) is 4. The van der Waals surface area contributed by atoms with Gasteiger partial charge in [-0.25, -0.2) is 9.78 Å². The van der Waals surface area contributed by atoms with Crippen LogP contribution in [0.1, 0.15) is 45.1 Å². The summed E-state index contributed by atoms with van der Waals surface area (Å²) < 4.78 is 52.0.